The normalized spacial score (nSPS) is 14.6. The first-order valence-corrected chi connectivity index (χ1v) is 10.8. The number of methoxy groups -OCH3 is 1. The van der Waals surface area contributed by atoms with E-state index in [1.54, 1.807) is 7.11 Å². The van der Waals surface area contributed by atoms with Gasteiger partial charge in [0.1, 0.15) is 5.75 Å². The van der Waals surface area contributed by atoms with Gasteiger partial charge in [0.05, 0.1) is 23.9 Å². The van der Waals surface area contributed by atoms with E-state index in [-0.39, 0.29) is 5.91 Å². The lowest BCUT2D eigenvalue weighted by atomic mass is 10.1. The molecule has 0 unspecified atom stereocenters. The number of carbonyl (C=O) groups excluding carboxylic acids is 1. The monoisotopic (exact) mass is 418 g/mol. The lowest BCUT2D eigenvalue weighted by Gasteiger charge is -2.35. The molecule has 6 nitrogen and oxygen atoms in total. The van der Waals surface area contributed by atoms with Gasteiger partial charge in [0.2, 0.25) is 0 Å². The molecule has 0 atom stereocenters. The van der Waals surface area contributed by atoms with Crippen molar-refractivity contribution < 1.29 is 9.53 Å². The van der Waals surface area contributed by atoms with Crippen LogP contribution >= 0.6 is 0 Å². The molecule has 2 aromatic carbocycles. The number of hydrogen-bond donors (Lipinski definition) is 1. The Hall–Kier alpha value is -3.12. The van der Waals surface area contributed by atoms with Gasteiger partial charge in [0.25, 0.3) is 5.91 Å². The van der Waals surface area contributed by atoms with Crippen LogP contribution < -0.4 is 15.0 Å². The average Bonchev–Trinajstić information content (AvgIpc) is 2.79. The number of anilines is 2. The van der Waals surface area contributed by atoms with Crippen LogP contribution in [-0.4, -0.2) is 55.6 Å². The second-order valence-electron chi connectivity index (χ2n) is 8.05. The molecule has 1 saturated heterocycles. The zero-order valence-electron chi connectivity index (χ0n) is 18.7. The zero-order chi connectivity index (χ0) is 22.0. The number of hydrogen-bond acceptors (Lipinski definition) is 5. The maximum atomic E-state index is 13.0. The molecule has 31 heavy (non-hydrogen) atoms. The number of aromatic nitrogens is 1. The predicted molar refractivity (Wildman–Crippen MR) is 126 cm³/mol. The maximum Gasteiger partial charge on any atom is 0.257 e. The number of carbonyl (C=O) groups is 1. The molecule has 0 saturated carbocycles. The summed E-state index contributed by atoms with van der Waals surface area (Å²) in [6.07, 6.45) is 0. The number of nitrogens with one attached hydrogen (secondary N) is 1. The highest BCUT2D eigenvalue weighted by Crippen LogP contribution is 2.26. The molecular weight excluding hydrogens is 388 g/mol. The molecular formula is C25H30N4O2. The summed E-state index contributed by atoms with van der Waals surface area (Å²) in [5.74, 6) is 0.595. The molecule has 1 aliphatic heterocycles. The molecule has 3 aromatic rings. The van der Waals surface area contributed by atoms with Crippen molar-refractivity contribution in [3.63, 3.8) is 0 Å². The van der Waals surface area contributed by atoms with Crippen LogP contribution in [0.25, 0.3) is 10.9 Å². The molecule has 0 bridgehead atoms. The summed E-state index contributed by atoms with van der Waals surface area (Å²) < 4.78 is 5.30. The molecule has 2 heterocycles. The van der Waals surface area contributed by atoms with Crippen LogP contribution in [0.3, 0.4) is 0 Å². The summed E-state index contributed by atoms with van der Waals surface area (Å²) in [5.41, 5.74) is 5.21. The van der Waals surface area contributed by atoms with Crippen molar-refractivity contribution in [2.24, 2.45) is 0 Å². The van der Waals surface area contributed by atoms with Crippen LogP contribution in [-0.2, 0) is 0 Å². The Morgan fingerprint density at radius 1 is 1.06 bits per heavy atom. The van der Waals surface area contributed by atoms with Gasteiger partial charge < -0.3 is 19.9 Å². The van der Waals surface area contributed by atoms with Crippen molar-refractivity contribution in [1.29, 1.82) is 0 Å². The van der Waals surface area contributed by atoms with E-state index in [9.17, 15) is 4.79 Å². The number of fused-ring (bicyclic) bond motifs is 1. The van der Waals surface area contributed by atoms with Gasteiger partial charge >= 0.3 is 0 Å². The molecule has 0 spiro atoms. The Bertz CT molecular complexity index is 1100. The maximum absolute atomic E-state index is 13.0. The van der Waals surface area contributed by atoms with Crippen LogP contribution in [0.1, 0.15) is 28.5 Å². The Morgan fingerprint density at radius 3 is 2.52 bits per heavy atom. The Morgan fingerprint density at radius 2 is 1.84 bits per heavy atom. The fourth-order valence-corrected chi connectivity index (χ4v) is 4.10. The van der Waals surface area contributed by atoms with Crippen molar-refractivity contribution >= 4 is 28.2 Å². The smallest absolute Gasteiger partial charge is 0.257 e. The van der Waals surface area contributed by atoms with Crippen molar-refractivity contribution in [2.75, 3.05) is 50.1 Å². The first-order chi connectivity index (χ1) is 15.0. The minimum absolute atomic E-state index is 0.151. The van der Waals surface area contributed by atoms with E-state index in [1.807, 2.05) is 44.2 Å². The van der Waals surface area contributed by atoms with Gasteiger partial charge in [-0.05, 0) is 68.4 Å². The molecule has 1 amide bonds. The molecule has 1 aliphatic rings. The predicted octanol–water partition coefficient (Wildman–Crippen LogP) is 4.25. The van der Waals surface area contributed by atoms with Gasteiger partial charge in [-0.3, -0.25) is 9.78 Å². The van der Waals surface area contributed by atoms with Crippen LogP contribution in [0.15, 0.2) is 42.5 Å². The first kappa shape index (κ1) is 21.1. The van der Waals surface area contributed by atoms with Crippen molar-refractivity contribution in [2.45, 2.75) is 20.8 Å². The van der Waals surface area contributed by atoms with E-state index in [0.29, 0.717) is 11.3 Å². The number of ether oxygens (including phenoxy) is 1. The number of likely N-dealkylation sites (N-methyl/N-ethyl adjacent to an activating group) is 1. The highest BCUT2D eigenvalue weighted by molar-refractivity contribution is 6.07. The summed E-state index contributed by atoms with van der Waals surface area (Å²) in [7, 11) is 1.63. The topological polar surface area (TPSA) is 57.7 Å². The largest absolute Gasteiger partial charge is 0.497 e. The number of amides is 1. The summed E-state index contributed by atoms with van der Waals surface area (Å²) in [6.45, 7) is 11.5. The number of pyridine rings is 1. The molecule has 0 aliphatic carbocycles. The first-order valence-electron chi connectivity index (χ1n) is 10.8. The van der Waals surface area contributed by atoms with Gasteiger partial charge in [0.15, 0.2) is 0 Å². The van der Waals surface area contributed by atoms with E-state index >= 15 is 0 Å². The van der Waals surface area contributed by atoms with Crippen molar-refractivity contribution in [3.8, 4) is 5.75 Å². The second kappa shape index (κ2) is 8.94. The van der Waals surface area contributed by atoms with E-state index in [2.05, 4.69) is 39.2 Å². The van der Waals surface area contributed by atoms with Crippen molar-refractivity contribution in [1.82, 2.24) is 9.88 Å². The zero-order valence-corrected chi connectivity index (χ0v) is 18.7. The lowest BCUT2D eigenvalue weighted by molar-refractivity contribution is 0.102. The van der Waals surface area contributed by atoms with Gasteiger partial charge in [-0.25, -0.2) is 0 Å². The SMILES string of the molecule is CCN1CCN(c2ccc(NC(=O)c3cc4cc(OC)ccc4nc3C)c(C)c2)CC1. The van der Waals surface area contributed by atoms with E-state index < -0.39 is 0 Å². The molecule has 1 aromatic heterocycles. The third-order valence-corrected chi connectivity index (χ3v) is 6.10. The summed E-state index contributed by atoms with van der Waals surface area (Å²) in [6, 6.07) is 13.8. The number of piperazine rings is 1. The van der Waals surface area contributed by atoms with Crippen LogP contribution in [0, 0.1) is 13.8 Å². The lowest BCUT2D eigenvalue weighted by Crippen LogP contribution is -2.46. The van der Waals surface area contributed by atoms with Crippen molar-refractivity contribution in [3.05, 3.63) is 59.3 Å². The fraction of sp³-hybridized carbons (Fsp3) is 0.360. The molecule has 0 radical (unpaired) electrons. The number of benzene rings is 2. The van der Waals surface area contributed by atoms with Gasteiger partial charge in [-0.1, -0.05) is 6.92 Å². The van der Waals surface area contributed by atoms with Gasteiger partial charge in [0, 0.05) is 42.9 Å². The quantitative estimate of drug-likeness (QED) is 0.671. The van der Waals surface area contributed by atoms with Crippen LogP contribution in [0.5, 0.6) is 5.75 Å². The van der Waals surface area contributed by atoms with Gasteiger partial charge in [-0.2, -0.15) is 0 Å². The number of aryl methyl sites for hydroxylation is 2. The summed E-state index contributed by atoms with van der Waals surface area (Å²) >= 11 is 0. The minimum Gasteiger partial charge on any atom is -0.497 e. The molecule has 6 heteroatoms. The minimum atomic E-state index is -0.151. The third-order valence-electron chi connectivity index (χ3n) is 6.10. The number of rotatable bonds is 5. The van der Waals surface area contributed by atoms with Crippen LogP contribution in [0.4, 0.5) is 11.4 Å². The molecule has 162 valence electrons. The van der Waals surface area contributed by atoms with E-state index in [1.165, 1.54) is 5.69 Å². The highest BCUT2D eigenvalue weighted by atomic mass is 16.5. The van der Waals surface area contributed by atoms with E-state index in [4.69, 9.17) is 4.74 Å². The standard InChI is InChI=1S/C25H30N4O2/c1-5-28-10-12-29(13-11-28)20-6-8-23(17(2)14-20)27-25(30)22-16-19-15-21(31-4)7-9-24(19)26-18(22)3/h6-9,14-16H,5,10-13H2,1-4H3,(H,27,30). The average molecular weight is 419 g/mol. The molecule has 1 fully saturated rings. The molecule has 4 rings (SSSR count). The highest BCUT2D eigenvalue weighted by Gasteiger charge is 2.17. The summed E-state index contributed by atoms with van der Waals surface area (Å²) in [4.78, 5) is 22.5. The molecule has 1 N–H and O–H groups in total. The van der Waals surface area contributed by atoms with Crippen LogP contribution in [0.2, 0.25) is 0 Å². The Kier molecular flexibility index (Phi) is 6.09. The van der Waals surface area contributed by atoms with Gasteiger partial charge in [-0.15, -0.1) is 0 Å². The Labute approximate surface area is 183 Å². The Balaban J connectivity index is 1.52. The van der Waals surface area contributed by atoms with E-state index in [0.717, 1.165) is 60.6 Å². The third kappa shape index (κ3) is 4.49. The summed E-state index contributed by atoms with van der Waals surface area (Å²) in [5, 5.41) is 3.95. The fourth-order valence-electron chi connectivity index (χ4n) is 4.10. The number of nitrogens with zero attached hydrogens (tertiary/aromatic N) is 3. The second-order valence-corrected chi connectivity index (χ2v) is 8.05.